The highest BCUT2D eigenvalue weighted by Crippen LogP contribution is 2.37. The fraction of sp³-hybridized carbons (Fsp3) is 0.214. The van der Waals surface area contributed by atoms with Crippen LogP contribution in [0.25, 0.3) is 48.6 Å². The van der Waals surface area contributed by atoms with Crippen LogP contribution in [0, 0.1) is 0 Å². The van der Waals surface area contributed by atoms with Crippen LogP contribution >= 0.6 is 0 Å². The number of benzene rings is 8. The molecule has 0 aromatic heterocycles. The van der Waals surface area contributed by atoms with Gasteiger partial charge in [-0.05, 0) is 224 Å². The fourth-order valence-electron chi connectivity index (χ4n) is 9.51. The molecule has 0 amide bonds. The summed E-state index contributed by atoms with van der Waals surface area (Å²) in [5.74, 6) is 2.00. The Balaban J connectivity index is 0.000000241. The topological polar surface area (TPSA) is 280 Å². The number of phenolic OH excluding ortho intramolecular Hbond substituents is 12. The molecule has 12 N–H and O–H groups in total. The van der Waals surface area contributed by atoms with Crippen LogP contribution in [0.5, 0.6) is 92.0 Å². The molecular weight excluding hydrogens is 1260 g/mol. The van der Waals surface area contributed by atoms with E-state index in [-0.39, 0.29) is 69.0 Å². The summed E-state index contributed by atoms with van der Waals surface area (Å²) in [6.07, 6.45) is 27.2. The van der Waals surface area contributed by atoms with Gasteiger partial charge < -0.3 is 80.2 Å². The Morgan fingerprint density at radius 3 is 0.950 bits per heavy atom. The summed E-state index contributed by atoms with van der Waals surface area (Å²) in [5.41, 5.74) is 15.2. The molecule has 0 saturated carbocycles. The highest BCUT2D eigenvalue weighted by Gasteiger charge is 2.14. The van der Waals surface area contributed by atoms with Gasteiger partial charge in [-0.1, -0.05) is 125 Å². The highest BCUT2D eigenvalue weighted by molar-refractivity contribution is 5.78. The number of hydrogen-bond donors (Lipinski definition) is 12. The van der Waals surface area contributed by atoms with Gasteiger partial charge in [0.05, 0.1) is 21.3 Å². The van der Waals surface area contributed by atoms with Gasteiger partial charge in [-0.3, -0.25) is 0 Å². The zero-order valence-corrected chi connectivity index (χ0v) is 59.1. The molecule has 8 aromatic rings. The van der Waals surface area contributed by atoms with E-state index in [0.717, 1.165) is 66.8 Å². The lowest BCUT2D eigenvalue weighted by atomic mass is 10.00. The van der Waals surface area contributed by atoms with Gasteiger partial charge in [0.1, 0.15) is 52.6 Å². The predicted molar refractivity (Wildman–Crippen MR) is 404 cm³/mol. The average Bonchev–Trinajstić information content (AvgIpc) is 0.833. The van der Waals surface area contributed by atoms with Crippen molar-refractivity contribution in [3.05, 3.63) is 246 Å². The van der Waals surface area contributed by atoms with Gasteiger partial charge in [-0.2, -0.15) is 0 Å². The van der Waals surface area contributed by atoms with Gasteiger partial charge in [-0.15, -0.1) is 0 Å². The first kappa shape index (κ1) is 78.9. The van der Waals surface area contributed by atoms with E-state index in [9.17, 15) is 61.3 Å². The molecule has 100 heavy (non-hydrogen) atoms. The third-order valence-corrected chi connectivity index (χ3v) is 15.0. The lowest BCUT2D eigenvalue weighted by Gasteiger charge is -2.14. The summed E-state index contributed by atoms with van der Waals surface area (Å²) in [6, 6.07) is 32.0. The van der Waals surface area contributed by atoms with Gasteiger partial charge >= 0.3 is 0 Å². The van der Waals surface area contributed by atoms with Crippen molar-refractivity contribution in [1.29, 1.82) is 0 Å². The molecule has 0 fully saturated rings. The molecule has 8 rings (SSSR count). The van der Waals surface area contributed by atoms with Gasteiger partial charge in [-0.25, -0.2) is 0 Å². The zero-order chi connectivity index (χ0) is 73.8. The van der Waals surface area contributed by atoms with E-state index in [1.54, 1.807) is 110 Å². The maximum absolute atomic E-state index is 10.2. The molecule has 16 nitrogen and oxygen atoms in total. The number of methoxy groups -OCH3 is 3. The molecule has 0 saturated heterocycles. The monoisotopic (exact) mass is 1360 g/mol. The second-order valence-corrected chi connectivity index (χ2v) is 24.5. The van der Waals surface area contributed by atoms with Crippen LogP contribution in [0.1, 0.15) is 136 Å². The minimum absolute atomic E-state index is 0.0105. The number of phenols is 12. The Morgan fingerprint density at radius 1 is 0.260 bits per heavy atom. The van der Waals surface area contributed by atoms with Crippen molar-refractivity contribution in [2.75, 3.05) is 27.9 Å². The van der Waals surface area contributed by atoms with Crippen molar-refractivity contribution in [3.63, 3.8) is 0 Å². The molecule has 0 bridgehead atoms. The van der Waals surface area contributed by atoms with E-state index in [1.165, 1.54) is 61.3 Å². The number of hydrogen-bond acceptors (Lipinski definition) is 16. The summed E-state index contributed by atoms with van der Waals surface area (Å²) in [6.45, 7) is 20.5. The van der Waals surface area contributed by atoms with Crippen molar-refractivity contribution < 1.29 is 80.2 Å². The molecule has 0 aliphatic carbocycles. The molecule has 16 heteroatoms. The lowest BCUT2D eigenvalue weighted by molar-refractivity contribution is 0.355. The van der Waals surface area contributed by atoms with Gasteiger partial charge in [0.25, 0.3) is 0 Å². The van der Waals surface area contributed by atoms with E-state index in [4.69, 9.17) is 18.9 Å². The fourth-order valence-corrected chi connectivity index (χ4v) is 9.51. The van der Waals surface area contributed by atoms with Crippen LogP contribution in [0.3, 0.4) is 0 Å². The third kappa shape index (κ3) is 25.7. The first-order valence-electron chi connectivity index (χ1n) is 32.1. The Labute approximate surface area is 587 Å². The number of ether oxygens (including phenoxy) is 4. The van der Waals surface area contributed by atoms with Crippen molar-refractivity contribution in [2.24, 2.45) is 0 Å². The third-order valence-electron chi connectivity index (χ3n) is 15.0. The Morgan fingerprint density at radius 2 is 0.560 bits per heavy atom. The minimum Gasteiger partial charge on any atom is -0.508 e. The van der Waals surface area contributed by atoms with E-state index < -0.39 is 0 Å². The normalized spacial score (nSPS) is 10.8. The summed E-state index contributed by atoms with van der Waals surface area (Å²) in [4.78, 5) is 0. The number of allylic oxidation sites excluding steroid dienone is 9. The molecular formula is C84H94O16. The molecule has 526 valence electrons. The standard InChI is InChI=1S/C24H28O4.3C20H22O4/c1-16(2)5-9-21-19(8-6-18-7-10-22(26)23(27)13-18)14-20(25)15-24(21)28-12-11-17(3)4;1-13(2)4-8-17-15(11-16(21)12-19(17)23)7-5-14-6-9-18(22)20(10-14)24-3;1-13(2)4-8-17-15(11-16(21)12-20(17)24-3)7-5-14-6-9-18(22)19(23)10-14;1-13(2)4-8-16-18(22)10-15(11-19(16)23)6-5-14-7-9-17(21)20(12-14)24-3/h5-8,10-11,13-15,25-27H,9,12H2,1-4H3;3*4-7,9-12,21-23H,8H2,1-3H3/b8-6+;2*7-5+;6-5+. The molecule has 0 unspecified atom stereocenters. The second-order valence-electron chi connectivity index (χ2n) is 24.5. The first-order valence-corrected chi connectivity index (χ1v) is 32.1. The van der Waals surface area contributed by atoms with E-state index >= 15 is 0 Å². The average molecular weight is 1360 g/mol. The van der Waals surface area contributed by atoms with Crippen LogP contribution in [0.15, 0.2) is 180 Å². The maximum Gasteiger partial charge on any atom is 0.161 e. The van der Waals surface area contributed by atoms with Gasteiger partial charge in [0, 0.05) is 40.5 Å². The predicted octanol–water partition coefficient (Wildman–Crippen LogP) is 19.3. The summed E-state index contributed by atoms with van der Waals surface area (Å²) < 4.78 is 21.5. The minimum atomic E-state index is -0.173. The van der Waals surface area contributed by atoms with E-state index in [2.05, 4.69) is 12.2 Å². The molecule has 0 aliphatic heterocycles. The Bertz CT molecular complexity index is 4360. The molecule has 8 aromatic carbocycles. The maximum atomic E-state index is 10.2. The van der Waals surface area contributed by atoms with Crippen LogP contribution in [0.2, 0.25) is 0 Å². The van der Waals surface area contributed by atoms with Crippen molar-refractivity contribution >= 4 is 48.6 Å². The lowest BCUT2D eigenvalue weighted by Crippen LogP contribution is -2.00. The molecule has 0 radical (unpaired) electrons. The zero-order valence-electron chi connectivity index (χ0n) is 59.1. The number of aromatic hydroxyl groups is 12. The van der Waals surface area contributed by atoms with Crippen LogP contribution < -0.4 is 18.9 Å². The highest BCUT2D eigenvalue weighted by atomic mass is 16.5. The Hall–Kier alpha value is -11.8. The molecule has 0 atom stereocenters. The van der Waals surface area contributed by atoms with Crippen molar-refractivity contribution in [1.82, 2.24) is 0 Å². The van der Waals surface area contributed by atoms with Crippen molar-refractivity contribution in [3.8, 4) is 92.0 Å². The SMILES string of the molecule is CC(C)=CCOc1cc(O)cc(/C=C/c2ccc(O)c(O)c2)c1CC=C(C)C.COc1cc(/C=C/c2cc(O)c(CC=C(C)C)c(O)c2)ccc1O.COc1cc(/C=C/c2cc(O)cc(O)c2CC=C(C)C)ccc1O.COc1cc(O)cc(/C=C/c2ccc(O)c(O)c2)c1CC=C(C)C. The number of rotatable bonds is 22. The summed E-state index contributed by atoms with van der Waals surface area (Å²) >= 11 is 0. The summed E-state index contributed by atoms with van der Waals surface area (Å²) in [7, 11) is 4.56. The largest absolute Gasteiger partial charge is 0.508 e. The quantitative estimate of drug-likeness (QED) is 0.0171. The molecule has 0 heterocycles. The summed E-state index contributed by atoms with van der Waals surface area (Å²) in [5, 5.41) is 117. The molecule has 0 aliphatic rings. The first-order chi connectivity index (χ1) is 47.5. The van der Waals surface area contributed by atoms with E-state index in [1.807, 2.05) is 124 Å². The van der Waals surface area contributed by atoms with Gasteiger partial charge in [0.2, 0.25) is 0 Å². The van der Waals surface area contributed by atoms with Gasteiger partial charge in [0.15, 0.2) is 46.0 Å². The second kappa shape index (κ2) is 38.8. The van der Waals surface area contributed by atoms with Crippen LogP contribution in [-0.2, 0) is 25.7 Å². The van der Waals surface area contributed by atoms with Crippen LogP contribution in [0.4, 0.5) is 0 Å². The van der Waals surface area contributed by atoms with Crippen molar-refractivity contribution in [2.45, 2.75) is 94.9 Å². The Kier molecular flexibility index (Phi) is 30.6. The smallest absolute Gasteiger partial charge is 0.161 e. The molecule has 0 spiro atoms. The van der Waals surface area contributed by atoms with E-state index in [0.29, 0.717) is 66.4 Å². The van der Waals surface area contributed by atoms with Crippen LogP contribution in [-0.4, -0.2) is 89.2 Å².